The quantitative estimate of drug-likeness (QED) is 0.519. The summed E-state index contributed by atoms with van der Waals surface area (Å²) < 4.78 is 18.6. The molecular formula is C24H32N6O4S. The van der Waals surface area contributed by atoms with Crippen LogP contribution in [0.5, 0.6) is 11.5 Å². The zero-order chi connectivity index (χ0) is 25.4. The Morgan fingerprint density at radius 3 is 2.63 bits per heavy atom. The van der Waals surface area contributed by atoms with Gasteiger partial charge in [0.1, 0.15) is 11.9 Å². The molecule has 0 saturated heterocycles. The SMILES string of the molecule is CC(C)(C)CN(CCn1c(Sc2ccc3c(c2)OCO3)nc2c(N)ncnc21)C(=O)OC(C)(C)C. The summed E-state index contributed by atoms with van der Waals surface area (Å²) in [5.74, 6) is 1.71. The summed E-state index contributed by atoms with van der Waals surface area (Å²) in [5.41, 5.74) is 6.55. The second kappa shape index (κ2) is 9.44. The van der Waals surface area contributed by atoms with E-state index >= 15 is 0 Å². The number of anilines is 1. The topological polar surface area (TPSA) is 118 Å². The van der Waals surface area contributed by atoms with Gasteiger partial charge < -0.3 is 29.4 Å². The zero-order valence-corrected chi connectivity index (χ0v) is 21.8. The Morgan fingerprint density at radius 1 is 1.17 bits per heavy atom. The lowest BCUT2D eigenvalue weighted by atomic mass is 9.96. The first-order valence-corrected chi connectivity index (χ1v) is 12.2. The Labute approximate surface area is 209 Å². The van der Waals surface area contributed by atoms with Crippen molar-refractivity contribution >= 4 is 34.8 Å². The van der Waals surface area contributed by atoms with E-state index in [9.17, 15) is 4.79 Å². The second-order valence-electron chi connectivity index (χ2n) is 10.6. The van der Waals surface area contributed by atoms with Gasteiger partial charge in [0.05, 0.1) is 0 Å². The molecule has 3 aromatic rings. The van der Waals surface area contributed by atoms with E-state index in [1.54, 1.807) is 4.90 Å². The number of carbonyl (C=O) groups excluding carboxylic acids is 1. The monoisotopic (exact) mass is 500 g/mol. The van der Waals surface area contributed by atoms with E-state index in [4.69, 9.17) is 24.9 Å². The summed E-state index contributed by atoms with van der Waals surface area (Å²) >= 11 is 1.46. The summed E-state index contributed by atoms with van der Waals surface area (Å²) in [6.07, 6.45) is 1.07. The van der Waals surface area contributed by atoms with Gasteiger partial charge in [-0.05, 0) is 44.4 Å². The van der Waals surface area contributed by atoms with Crippen LogP contribution in [0.3, 0.4) is 0 Å². The summed E-state index contributed by atoms with van der Waals surface area (Å²) in [6, 6.07) is 5.74. The van der Waals surface area contributed by atoms with E-state index in [1.807, 2.05) is 43.5 Å². The predicted octanol–water partition coefficient (Wildman–Crippen LogP) is 4.57. The molecule has 11 heteroatoms. The minimum atomic E-state index is -0.586. The molecule has 188 valence electrons. The van der Waals surface area contributed by atoms with Crippen LogP contribution in [-0.4, -0.2) is 56.0 Å². The van der Waals surface area contributed by atoms with Crippen LogP contribution >= 0.6 is 11.8 Å². The van der Waals surface area contributed by atoms with Gasteiger partial charge in [-0.15, -0.1) is 0 Å². The number of nitrogens with zero attached hydrogens (tertiary/aromatic N) is 5. The molecule has 4 rings (SSSR count). The lowest BCUT2D eigenvalue weighted by Crippen LogP contribution is -2.42. The van der Waals surface area contributed by atoms with E-state index in [0.29, 0.717) is 53.3 Å². The minimum absolute atomic E-state index is 0.107. The number of amides is 1. The van der Waals surface area contributed by atoms with Crippen LogP contribution < -0.4 is 15.2 Å². The van der Waals surface area contributed by atoms with Crippen molar-refractivity contribution in [1.82, 2.24) is 24.4 Å². The smallest absolute Gasteiger partial charge is 0.410 e. The number of rotatable bonds is 6. The molecule has 3 heterocycles. The van der Waals surface area contributed by atoms with Crippen molar-refractivity contribution in [3.8, 4) is 11.5 Å². The number of carbonyl (C=O) groups is 1. The molecule has 1 aromatic carbocycles. The lowest BCUT2D eigenvalue weighted by molar-refractivity contribution is 0.0180. The van der Waals surface area contributed by atoms with Gasteiger partial charge in [0, 0.05) is 24.5 Å². The molecule has 0 atom stereocenters. The van der Waals surface area contributed by atoms with E-state index in [-0.39, 0.29) is 18.3 Å². The van der Waals surface area contributed by atoms with Crippen molar-refractivity contribution in [2.75, 3.05) is 25.6 Å². The van der Waals surface area contributed by atoms with Crippen LogP contribution in [0.15, 0.2) is 34.6 Å². The summed E-state index contributed by atoms with van der Waals surface area (Å²) in [5, 5.41) is 0.686. The third-order valence-electron chi connectivity index (χ3n) is 4.99. The van der Waals surface area contributed by atoms with Gasteiger partial charge in [0.15, 0.2) is 33.6 Å². The van der Waals surface area contributed by atoms with Gasteiger partial charge >= 0.3 is 6.09 Å². The molecule has 10 nitrogen and oxygen atoms in total. The third kappa shape index (κ3) is 6.08. The number of nitrogen functional groups attached to an aromatic ring is 1. The van der Waals surface area contributed by atoms with Crippen molar-refractivity contribution in [2.24, 2.45) is 5.41 Å². The molecule has 0 spiro atoms. The van der Waals surface area contributed by atoms with Crippen LogP contribution in [0.1, 0.15) is 41.5 Å². The maximum atomic E-state index is 13.0. The van der Waals surface area contributed by atoms with Crippen LogP contribution in [0, 0.1) is 5.41 Å². The van der Waals surface area contributed by atoms with Crippen molar-refractivity contribution in [3.05, 3.63) is 24.5 Å². The van der Waals surface area contributed by atoms with E-state index in [1.165, 1.54) is 18.1 Å². The standard InChI is InChI=1S/C24H32N6O4S/c1-23(2,3)12-29(22(31)34-24(4,5)6)9-10-30-20-18(19(25)26-13-27-20)28-21(30)35-15-7-8-16-17(11-15)33-14-32-16/h7-8,11,13H,9-10,12,14H2,1-6H3,(H2,25,26,27). The van der Waals surface area contributed by atoms with Gasteiger partial charge in [-0.1, -0.05) is 32.5 Å². The maximum absolute atomic E-state index is 13.0. The number of imidazole rings is 1. The van der Waals surface area contributed by atoms with Gasteiger partial charge in [-0.25, -0.2) is 19.7 Å². The Morgan fingerprint density at radius 2 is 1.91 bits per heavy atom. The molecule has 1 aliphatic heterocycles. The fraction of sp³-hybridized carbons (Fsp3) is 0.500. The molecule has 0 aliphatic carbocycles. The molecule has 35 heavy (non-hydrogen) atoms. The molecule has 1 aliphatic rings. The van der Waals surface area contributed by atoms with E-state index < -0.39 is 5.60 Å². The third-order valence-corrected chi connectivity index (χ3v) is 5.97. The normalized spacial score (nSPS) is 13.3. The summed E-state index contributed by atoms with van der Waals surface area (Å²) in [4.78, 5) is 28.9. The van der Waals surface area contributed by atoms with Gasteiger partial charge in [-0.2, -0.15) is 0 Å². The van der Waals surface area contributed by atoms with Crippen LogP contribution in [0.2, 0.25) is 0 Å². The van der Waals surface area contributed by atoms with Crippen LogP contribution in [-0.2, 0) is 11.3 Å². The molecule has 0 saturated carbocycles. The number of benzene rings is 1. The van der Waals surface area contributed by atoms with Crippen molar-refractivity contribution in [2.45, 2.75) is 63.7 Å². The fourth-order valence-electron chi connectivity index (χ4n) is 3.61. The van der Waals surface area contributed by atoms with Gasteiger partial charge in [-0.3, -0.25) is 0 Å². The fourth-order valence-corrected chi connectivity index (χ4v) is 4.55. The van der Waals surface area contributed by atoms with Gasteiger partial charge in [0.2, 0.25) is 6.79 Å². The lowest BCUT2D eigenvalue weighted by Gasteiger charge is -2.32. The average Bonchev–Trinajstić information content (AvgIpc) is 3.34. The Kier molecular flexibility index (Phi) is 6.72. The molecule has 0 unspecified atom stereocenters. The van der Waals surface area contributed by atoms with E-state index in [2.05, 4.69) is 30.7 Å². The first kappa shape index (κ1) is 24.9. The summed E-state index contributed by atoms with van der Waals surface area (Å²) in [7, 11) is 0. The molecule has 1 amide bonds. The highest BCUT2D eigenvalue weighted by molar-refractivity contribution is 7.99. The number of nitrogens with two attached hydrogens (primary N) is 1. The highest BCUT2D eigenvalue weighted by Crippen LogP contribution is 2.38. The van der Waals surface area contributed by atoms with Gasteiger partial charge in [0.25, 0.3) is 0 Å². The molecule has 2 aromatic heterocycles. The number of fused-ring (bicyclic) bond motifs is 2. The van der Waals surface area contributed by atoms with Crippen LogP contribution in [0.25, 0.3) is 11.2 Å². The molecule has 0 radical (unpaired) electrons. The summed E-state index contributed by atoms with van der Waals surface area (Å²) in [6.45, 7) is 13.5. The number of hydrogen-bond donors (Lipinski definition) is 1. The Balaban J connectivity index is 1.63. The molecule has 0 fully saturated rings. The van der Waals surface area contributed by atoms with Crippen LogP contribution in [0.4, 0.5) is 10.6 Å². The average molecular weight is 501 g/mol. The largest absolute Gasteiger partial charge is 0.454 e. The van der Waals surface area contributed by atoms with Crippen molar-refractivity contribution in [3.63, 3.8) is 0 Å². The number of aromatic nitrogens is 4. The first-order chi connectivity index (χ1) is 16.4. The van der Waals surface area contributed by atoms with Crippen molar-refractivity contribution in [1.29, 1.82) is 0 Å². The van der Waals surface area contributed by atoms with E-state index in [0.717, 1.165) is 4.90 Å². The zero-order valence-electron chi connectivity index (χ0n) is 21.0. The molecular weight excluding hydrogens is 468 g/mol. The van der Waals surface area contributed by atoms with Crippen molar-refractivity contribution < 1.29 is 19.0 Å². The second-order valence-corrected chi connectivity index (χ2v) is 11.6. The Hall–Kier alpha value is -3.21. The number of hydrogen-bond acceptors (Lipinski definition) is 9. The highest BCUT2D eigenvalue weighted by atomic mass is 32.2. The minimum Gasteiger partial charge on any atom is -0.454 e. The molecule has 2 N–H and O–H groups in total. The first-order valence-electron chi connectivity index (χ1n) is 11.4. The molecule has 0 bridgehead atoms. The Bertz CT molecular complexity index is 1230. The maximum Gasteiger partial charge on any atom is 0.410 e. The highest BCUT2D eigenvalue weighted by Gasteiger charge is 2.27. The number of ether oxygens (including phenoxy) is 3. The predicted molar refractivity (Wildman–Crippen MR) is 134 cm³/mol.